The maximum Gasteiger partial charge on any atom is 0.325 e. The molecule has 0 spiro atoms. The Labute approximate surface area is 158 Å². The Morgan fingerprint density at radius 3 is 2.81 bits per heavy atom. The van der Waals surface area contributed by atoms with Crippen molar-refractivity contribution < 1.29 is 14.1 Å². The third-order valence-corrected chi connectivity index (χ3v) is 5.35. The van der Waals surface area contributed by atoms with Crippen LogP contribution in [0.4, 0.5) is 4.79 Å². The van der Waals surface area contributed by atoms with Crippen LogP contribution in [0.15, 0.2) is 22.7 Å². The van der Waals surface area contributed by atoms with Gasteiger partial charge in [0.15, 0.2) is 5.82 Å². The zero-order valence-corrected chi connectivity index (χ0v) is 15.9. The first-order chi connectivity index (χ1) is 12.9. The summed E-state index contributed by atoms with van der Waals surface area (Å²) in [5, 5.41) is 6.77. The number of benzene rings is 1. The van der Waals surface area contributed by atoms with Crippen molar-refractivity contribution in [1.29, 1.82) is 0 Å². The number of aryl methyl sites for hydroxylation is 2. The van der Waals surface area contributed by atoms with E-state index in [0.717, 1.165) is 29.7 Å². The minimum Gasteiger partial charge on any atom is -0.337 e. The molecular weight excluding hydrogens is 344 g/mol. The van der Waals surface area contributed by atoms with E-state index in [1.54, 1.807) is 6.92 Å². The fourth-order valence-corrected chi connectivity index (χ4v) is 3.86. The highest BCUT2D eigenvalue weighted by Crippen LogP contribution is 2.33. The standard InChI is InChI=1S/C20H24N4O3/c1-12(2)9-16-21-17(27-23-16)11-24-18(25)20(3,22-19(24)26)15-8-7-13-5-4-6-14(13)10-15/h7-8,10,12H,4-6,9,11H2,1-3H3,(H,22,26). The van der Waals surface area contributed by atoms with Crippen LogP contribution in [0.5, 0.6) is 0 Å². The van der Waals surface area contributed by atoms with Gasteiger partial charge in [-0.3, -0.25) is 9.69 Å². The Kier molecular flexibility index (Phi) is 4.25. The summed E-state index contributed by atoms with van der Waals surface area (Å²) in [6, 6.07) is 5.63. The van der Waals surface area contributed by atoms with Gasteiger partial charge in [-0.05, 0) is 48.8 Å². The summed E-state index contributed by atoms with van der Waals surface area (Å²) in [6.45, 7) is 5.86. The van der Waals surface area contributed by atoms with E-state index < -0.39 is 11.6 Å². The first kappa shape index (κ1) is 17.7. The van der Waals surface area contributed by atoms with Crippen molar-refractivity contribution >= 4 is 11.9 Å². The van der Waals surface area contributed by atoms with E-state index in [4.69, 9.17) is 4.52 Å². The fourth-order valence-electron chi connectivity index (χ4n) is 3.86. The lowest BCUT2D eigenvalue weighted by Crippen LogP contribution is -2.41. The summed E-state index contributed by atoms with van der Waals surface area (Å²) >= 11 is 0. The van der Waals surface area contributed by atoms with Crippen molar-refractivity contribution in [3.05, 3.63) is 46.6 Å². The van der Waals surface area contributed by atoms with Crippen molar-refractivity contribution in [3.63, 3.8) is 0 Å². The van der Waals surface area contributed by atoms with Crippen molar-refractivity contribution in [2.75, 3.05) is 0 Å². The quantitative estimate of drug-likeness (QED) is 0.820. The molecule has 4 rings (SSSR count). The number of rotatable bonds is 5. The first-order valence-corrected chi connectivity index (χ1v) is 9.44. The van der Waals surface area contributed by atoms with Crippen LogP contribution < -0.4 is 5.32 Å². The van der Waals surface area contributed by atoms with Crippen molar-refractivity contribution in [3.8, 4) is 0 Å². The Balaban J connectivity index is 1.55. The highest BCUT2D eigenvalue weighted by atomic mass is 16.5. The minimum atomic E-state index is -1.07. The Hall–Kier alpha value is -2.70. The maximum atomic E-state index is 13.1. The van der Waals surface area contributed by atoms with Gasteiger partial charge >= 0.3 is 6.03 Å². The molecule has 27 heavy (non-hydrogen) atoms. The lowest BCUT2D eigenvalue weighted by molar-refractivity contribution is -0.131. The largest absolute Gasteiger partial charge is 0.337 e. The van der Waals surface area contributed by atoms with E-state index in [1.165, 1.54) is 11.1 Å². The zero-order chi connectivity index (χ0) is 19.2. The second kappa shape index (κ2) is 6.48. The molecule has 0 radical (unpaired) electrons. The van der Waals surface area contributed by atoms with Crippen LogP contribution in [-0.4, -0.2) is 27.0 Å². The van der Waals surface area contributed by atoms with Crippen LogP contribution in [-0.2, 0) is 36.1 Å². The van der Waals surface area contributed by atoms with Gasteiger partial charge in [-0.15, -0.1) is 0 Å². The molecule has 1 aliphatic heterocycles. The molecule has 1 N–H and O–H groups in total. The fraction of sp³-hybridized carbons (Fsp3) is 0.500. The average Bonchev–Trinajstić information content (AvgIpc) is 3.30. The number of hydrogen-bond acceptors (Lipinski definition) is 5. The van der Waals surface area contributed by atoms with Crippen LogP contribution in [0.3, 0.4) is 0 Å². The predicted octanol–water partition coefficient (Wildman–Crippen LogP) is 2.72. The van der Waals surface area contributed by atoms with Crippen molar-refractivity contribution in [2.45, 2.75) is 58.5 Å². The number of nitrogens with zero attached hydrogens (tertiary/aromatic N) is 3. The molecule has 1 aromatic heterocycles. The summed E-state index contributed by atoms with van der Waals surface area (Å²) in [4.78, 5) is 31.0. The first-order valence-electron chi connectivity index (χ1n) is 9.44. The van der Waals surface area contributed by atoms with Gasteiger partial charge in [0.05, 0.1) is 0 Å². The highest BCUT2D eigenvalue weighted by molar-refractivity contribution is 6.07. The number of aromatic nitrogens is 2. The lowest BCUT2D eigenvalue weighted by atomic mass is 9.90. The van der Waals surface area contributed by atoms with Gasteiger partial charge in [-0.1, -0.05) is 37.2 Å². The van der Waals surface area contributed by atoms with E-state index in [9.17, 15) is 9.59 Å². The smallest absolute Gasteiger partial charge is 0.325 e. The van der Waals surface area contributed by atoms with Crippen molar-refractivity contribution in [1.82, 2.24) is 20.4 Å². The van der Waals surface area contributed by atoms with Gasteiger partial charge in [0, 0.05) is 6.42 Å². The van der Waals surface area contributed by atoms with Crippen LogP contribution in [0.2, 0.25) is 0 Å². The van der Waals surface area contributed by atoms with Crippen LogP contribution >= 0.6 is 0 Å². The predicted molar refractivity (Wildman–Crippen MR) is 97.7 cm³/mol. The topological polar surface area (TPSA) is 88.3 Å². The van der Waals surface area contributed by atoms with Gasteiger partial charge in [0.1, 0.15) is 12.1 Å². The summed E-state index contributed by atoms with van der Waals surface area (Å²) in [5.41, 5.74) is 2.34. The Morgan fingerprint density at radius 1 is 1.26 bits per heavy atom. The number of carbonyl (C=O) groups is 2. The number of fused-ring (bicyclic) bond motifs is 1. The lowest BCUT2D eigenvalue weighted by Gasteiger charge is -2.22. The van der Waals surface area contributed by atoms with E-state index in [2.05, 4.69) is 41.4 Å². The van der Waals surface area contributed by atoms with Crippen LogP contribution in [0.25, 0.3) is 0 Å². The second-order valence-corrected chi connectivity index (χ2v) is 7.99. The Bertz CT molecular complexity index is 904. The van der Waals surface area contributed by atoms with Crippen LogP contribution in [0, 0.1) is 5.92 Å². The molecule has 2 heterocycles. The molecule has 3 amide bonds. The molecule has 1 aromatic carbocycles. The number of nitrogens with one attached hydrogen (secondary N) is 1. The SMILES string of the molecule is CC(C)Cc1noc(CN2C(=O)NC(C)(c3ccc4c(c3)CCC4)C2=O)n1. The van der Waals surface area contributed by atoms with Gasteiger partial charge < -0.3 is 9.84 Å². The molecule has 1 unspecified atom stereocenters. The Morgan fingerprint density at radius 2 is 2.04 bits per heavy atom. The molecule has 0 saturated carbocycles. The zero-order valence-electron chi connectivity index (χ0n) is 15.9. The minimum absolute atomic E-state index is 0.0176. The molecule has 1 aliphatic carbocycles. The molecule has 0 bridgehead atoms. The van der Waals surface area contributed by atoms with Gasteiger partial charge in [-0.2, -0.15) is 4.98 Å². The number of imide groups is 1. The summed E-state index contributed by atoms with van der Waals surface area (Å²) in [7, 11) is 0. The normalized spacial score (nSPS) is 21.9. The molecule has 7 heteroatoms. The summed E-state index contributed by atoms with van der Waals surface area (Å²) < 4.78 is 5.22. The molecule has 1 saturated heterocycles. The van der Waals surface area contributed by atoms with E-state index >= 15 is 0 Å². The van der Waals surface area contributed by atoms with Gasteiger partial charge in [0.25, 0.3) is 5.91 Å². The monoisotopic (exact) mass is 368 g/mol. The van der Waals surface area contributed by atoms with Crippen LogP contribution in [0.1, 0.15) is 55.6 Å². The third kappa shape index (κ3) is 3.11. The second-order valence-electron chi connectivity index (χ2n) is 7.99. The third-order valence-electron chi connectivity index (χ3n) is 5.35. The summed E-state index contributed by atoms with van der Waals surface area (Å²) in [6.07, 6.45) is 3.93. The molecule has 7 nitrogen and oxygen atoms in total. The van der Waals surface area contributed by atoms with E-state index in [0.29, 0.717) is 18.2 Å². The number of amides is 3. The maximum absolute atomic E-state index is 13.1. The highest BCUT2D eigenvalue weighted by Gasteiger charge is 2.49. The number of urea groups is 1. The molecule has 2 aliphatic rings. The molecule has 142 valence electrons. The average molecular weight is 368 g/mol. The van der Waals surface area contributed by atoms with E-state index in [1.807, 2.05) is 6.07 Å². The summed E-state index contributed by atoms with van der Waals surface area (Å²) in [5.74, 6) is 0.963. The number of carbonyl (C=O) groups excluding carboxylic acids is 2. The van der Waals surface area contributed by atoms with Crippen molar-refractivity contribution in [2.24, 2.45) is 5.92 Å². The molecule has 1 fully saturated rings. The van der Waals surface area contributed by atoms with Gasteiger partial charge in [0.2, 0.25) is 5.89 Å². The van der Waals surface area contributed by atoms with E-state index in [-0.39, 0.29) is 18.3 Å². The molecule has 1 atom stereocenters. The number of hydrogen-bond donors (Lipinski definition) is 1. The molecule has 2 aromatic rings. The molecular formula is C20H24N4O3. The van der Waals surface area contributed by atoms with Gasteiger partial charge in [-0.25, -0.2) is 4.79 Å².